The summed E-state index contributed by atoms with van der Waals surface area (Å²) in [6.45, 7) is 8.03. The van der Waals surface area contributed by atoms with Gasteiger partial charge >= 0.3 is 6.03 Å². The molecule has 0 atom stereocenters. The minimum atomic E-state index is 0.0684. The van der Waals surface area contributed by atoms with Gasteiger partial charge < -0.3 is 10.2 Å². The van der Waals surface area contributed by atoms with Crippen molar-refractivity contribution in [3.05, 3.63) is 29.3 Å². The number of aryl methyl sites for hydroxylation is 2. The molecule has 1 aliphatic heterocycles. The highest BCUT2D eigenvalue weighted by molar-refractivity contribution is 5.91. The van der Waals surface area contributed by atoms with E-state index in [4.69, 9.17) is 0 Å². The van der Waals surface area contributed by atoms with Crippen molar-refractivity contribution in [1.29, 1.82) is 0 Å². The van der Waals surface area contributed by atoms with Crippen LogP contribution in [0.2, 0.25) is 0 Å². The molecule has 3 rings (SSSR count). The zero-order chi connectivity index (χ0) is 17.6. The largest absolute Gasteiger partial charge is 0.322 e. The number of carbonyl (C=O) groups excluding carboxylic acids is 1. The van der Waals surface area contributed by atoms with Gasteiger partial charge in [-0.2, -0.15) is 0 Å². The molecule has 0 aromatic heterocycles. The Morgan fingerprint density at radius 2 is 1.60 bits per heavy atom. The molecule has 0 radical (unpaired) electrons. The first kappa shape index (κ1) is 18.2. The summed E-state index contributed by atoms with van der Waals surface area (Å²) in [5.41, 5.74) is 3.49. The predicted octanol–water partition coefficient (Wildman–Crippen LogP) is 4.29. The molecule has 4 heteroatoms. The Labute approximate surface area is 152 Å². The lowest BCUT2D eigenvalue weighted by Crippen LogP contribution is -2.53. The molecule has 1 N–H and O–H groups in total. The number of nitrogens with one attached hydrogen (secondary N) is 1. The van der Waals surface area contributed by atoms with Gasteiger partial charge in [-0.05, 0) is 36.8 Å². The van der Waals surface area contributed by atoms with E-state index in [0.717, 1.165) is 50.7 Å². The number of urea groups is 1. The van der Waals surface area contributed by atoms with Crippen LogP contribution in [0.5, 0.6) is 0 Å². The van der Waals surface area contributed by atoms with E-state index in [9.17, 15) is 4.79 Å². The summed E-state index contributed by atoms with van der Waals surface area (Å²) in [7, 11) is 0. The van der Waals surface area contributed by atoms with Crippen molar-refractivity contribution in [3.8, 4) is 0 Å². The fourth-order valence-electron chi connectivity index (χ4n) is 4.33. The minimum absolute atomic E-state index is 0.0684. The summed E-state index contributed by atoms with van der Waals surface area (Å²) in [5.74, 6) is 0. The number of para-hydroxylation sites is 1. The normalized spacial score (nSPS) is 19.8. The zero-order valence-electron chi connectivity index (χ0n) is 15.9. The molecule has 2 amide bonds. The smallest absolute Gasteiger partial charge is 0.321 e. The Balaban J connectivity index is 1.58. The quantitative estimate of drug-likeness (QED) is 0.885. The van der Waals surface area contributed by atoms with E-state index >= 15 is 0 Å². The third kappa shape index (κ3) is 4.35. The first-order chi connectivity index (χ1) is 12.2. The van der Waals surface area contributed by atoms with Gasteiger partial charge in [0.05, 0.1) is 0 Å². The molecule has 1 saturated carbocycles. The van der Waals surface area contributed by atoms with Crippen LogP contribution in [-0.2, 0) is 12.8 Å². The number of hydrogen-bond acceptors (Lipinski definition) is 2. The van der Waals surface area contributed by atoms with Crippen LogP contribution < -0.4 is 5.32 Å². The highest BCUT2D eigenvalue weighted by Crippen LogP contribution is 2.25. The van der Waals surface area contributed by atoms with Crippen LogP contribution in [0.15, 0.2) is 18.2 Å². The highest BCUT2D eigenvalue weighted by atomic mass is 16.2. The Bertz CT molecular complexity index is 550. The van der Waals surface area contributed by atoms with Gasteiger partial charge in [0, 0.05) is 37.9 Å². The summed E-state index contributed by atoms with van der Waals surface area (Å²) in [4.78, 5) is 17.4. The molecule has 1 aromatic carbocycles. The molecule has 1 heterocycles. The lowest BCUT2D eigenvalue weighted by atomic mass is 9.94. The topological polar surface area (TPSA) is 35.6 Å². The average Bonchev–Trinajstić information content (AvgIpc) is 2.69. The first-order valence-electron chi connectivity index (χ1n) is 10.1. The Hall–Kier alpha value is -1.55. The van der Waals surface area contributed by atoms with Gasteiger partial charge in [-0.1, -0.05) is 51.3 Å². The summed E-state index contributed by atoms with van der Waals surface area (Å²) >= 11 is 0. The first-order valence-corrected chi connectivity index (χ1v) is 10.1. The Morgan fingerprint density at radius 3 is 2.16 bits per heavy atom. The fourth-order valence-corrected chi connectivity index (χ4v) is 4.33. The second-order valence-electron chi connectivity index (χ2n) is 7.40. The number of nitrogens with zero attached hydrogens (tertiary/aromatic N) is 2. The number of piperazine rings is 1. The van der Waals surface area contributed by atoms with Crippen LogP contribution >= 0.6 is 0 Å². The lowest BCUT2D eigenvalue weighted by molar-refractivity contribution is 0.0943. The van der Waals surface area contributed by atoms with Crippen molar-refractivity contribution < 1.29 is 4.79 Å². The van der Waals surface area contributed by atoms with Gasteiger partial charge in [0.1, 0.15) is 0 Å². The van der Waals surface area contributed by atoms with Crippen LogP contribution in [0, 0.1) is 0 Å². The summed E-state index contributed by atoms with van der Waals surface area (Å²) < 4.78 is 0. The molecular weight excluding hydrogens is 310 g/mol. The van der Waals surface area contributed by atoms with Crippen molar-refractivity contribution in [3.63, 3.8) is 0 Å². The van der Waals surface area contributed by atoms with Crippen LogP contribution in [-0.4, -0.2) is 48.1 Å². The molecule has 4 nitrogen and oxygen atoms in total. The van der Waals surface area contributed by atoms with Crippen molar-refractivity contribution >= 4 is 11.7 Å². The highest BCUT2D eigenvalue weighted by Gasteiger charge is 2.27. The van der Waals surface area contributed by atoms with Gasteiger partial charge in [0.15, 0.2) is 0 Å². The maximum atomic E-state index is 12.8. The fraction of sp³-hybridized carbons (Fsp3) is 0.667. The minimum Gasteiger partial charge on any atom is -0.322 e. The summed E-state index contributed by atoms with van der Waals surface area (Å²) in [6, 6.07) is 7.16. The second-order valence-corrected chi connectivity index (χ2v) is 7.40. The molecular formula is C21H33N3O. The lowest BCUT2D eigenvalue weighted by Gasteiger charge is -2.40. The van der Waals surface area contributed by atoms with E-state index in [-0.39, 0.29) is 6.03 Å². The number of carbonyl (C=O) groups is 1. The van der Waals surface area contributed by atoms with Crippen molar-refractivity contribution in [2.45, 2.75) is 64.8 Å². The maximum absolute atomic E-state index is 12.8. The number of anilines is 1. The van der Waals surface area contributed by atoms with Gasteiger partial charge in [0.2, 0.25) is 0 Å². The van der Waals surface area contributed by atoms with E-state index in [2.05, 4.69) is 42.3 Å². The number of rotatable bonds is 4. The summed E-state index contributed by atoms with van der Waals surface area (Å²) in [6.07, 6.45) is 8.72. The second kappa shape index (κ2) is 8.70. The SMILES string of the molecule is CCc1cccc(CC)c1NC(=O)N1CCN(C2CCCCC2)CC1. The third-order valence-electron chi connectivity index (χ3n) is 5.92. The molecule has 25 heavy (non-hydrogen) atoms. The van der Waals surface area contributed by atoms with Crippen molar-refractivity contribution in [2.24, 2.45) is 0 Å². The molecule has 138 valence electrons. The molecule has 1 saturated heterocycles. The molecule has 2 fully saturated rings. The number of amides is 2. The van der Waals surface area contributed by atoms with Crippen LogP contribution in [0.4, 0.5) is 10.5 Å². The molecule has 2 aliphatic rings. The summed E-state index contributed by atoms with van der Waals surface area (Å²) in [5, 5.41) is 3.21. The van der Waals surface area contributed by atoms with E-state index in [1.165, 1.54) is 43.2 Å². The number of benzene rings is 1. The monoisotopic (exact) mass is 343 g/mol. The van der Waals surface area contributed by atoms with Crippen LogP contribution in [0.3, 0.4) is 0 Å². The van der Waals surface area contributed by atoms with Crippen molar-refractivity contribution in [2.75, 3.05) is 31.5 Å². The molecule has 1 aromatic rings. The van der Waals surface area contributed by atoms with E-state index < -0.39 is 0 Å². The predicted molar refractivity (Wildman–Crippen MR) is 104 cm³/mol. The van der Waals surface area contributed by atoms with Crippen LogP contribution in [0.25, 0.3) is 0 Å². The van der Waals surface area contributed by atoms with Crippen molar-refractivity contribution in [1.82, 2.24) is 9.80 Å². The van der Waals surface area contributed by atoms with Gasteiger partial charge in [-0.25, -0.2) is 4.79 Å². The maximum Gasteiger partial charge on any atom is 0.321 e. The Morgan fingerprint density at radius 1 is 1.00 bits per heavy atom. The zero-order valence-corrected chi connectivity index (χ0v) is 15.9. The van der Waals surface area contributed by atoms with Crippen LogP contribution in [0.1, 0.15) is 57.1 Å². The third-order valence-corrected chi connectivity index (χ3v) is 5.92. The van der Waals surface area contributed by atoms with E-state index in [1.54, 1.807) is 0 Å². The molecule has 0 unspecified atom stereocenters. The van der Waals surface area contributed by atoms with Gasteiger partial charge in [-0.3, -0.25) is 4.90 Å². The molecule has 0 bridgehead atoms. The Kier molecular flexibility index (Phi) is 6.35. The molecule has 1 aliphatic carbocycles. The number of hydrogen-bond donors (Lipinski definition) is 1. The molecule has 0 spiro atoms. The van der Waals surface area contributed by atoms with E-state index in [1.807, 2.05) is 4.90 Å². The van der Waals surface area contributed by atoms with Gasteiger partial charge in [0.25, 0.3) is 0 Å². The van der Waals surface area contributed by atoms with Gasteiger partial charge in [-0.15, -0.1) is 0 Å². The standard InChI is InChI=1S/C21H33N3O/c1-3-17-9-8-10-18(4-2)20(17)22-21(25)24-15-13-23(14-16-24)19-11-6-5-7-12-19/h8-10,19H,3-7,11-16H2,1-2H3,(H,22,25). The average molecular weight is 344 g/mol. The van der Waals surface area contributed by atoms with E-state index in [0.29, 0.717) is 0 Å².